The van der Waals surface area contributed by atoms with Gasteiger partial charge in [-0.1, -0.05) is 48.9 Å². The summed E-state index contributed by atoms with van der Waals surface area (Å²) in [5.41, 5.74) is 4.31. The summed E-state index contributed by atoms with van der Waals surface area (Å²) < 4.78 is 0. The average Bonchev–Trinajstić information content (AvgIpc) is 2.31. The van der Waals surface area contributed by atoms with E-state index in [1.807, 2.05) is 18.2 Å². The number of hydrogen-bond acceptors (Lipinski definition) is 0. The Morgan fingerprint density at radius 2 is 1.88 bits per heavy atom. The molecule has 0 nitrogen and oxygen atoms in total. The maximum Gasteiger partial charge on any atom is 0.0406 e. The summed E-state index contributed by atoms with van der Waals surface area (Å²) in [4.78, 5) is 0. The van der Waals surface area contributed by atoms with Crippen molar-refractivity contribution in [3.63, 3.8) is 0 Å². The molecule has 0 saturated carbocycles. The highest BCUT2D eigenvalue weighted by Gasteiger charge is 2.25. The number of benzene rings is 1. The summed E-state index contributed by atoms with van der Waals surface area (Å²) in [6.45, 7) is 8.49. The van der Waals surface area contributed by atoms with Gasteiger partial charge in [0.05, 0.1) is 0 Å². The lowest BCUT2D eigenvalue weighted by molar-refractivity contribution is 0.428. The van der Waals surface area contributed by atoms with Crippen LogP contribution in [0.1, 0.15) is 38.2 Å². The standard InChI is InChI=1S/C16H19Cl/c1-4-13-10-16(12(3)9-11(13)2)14-5-7-15(17)8-6-14/h4-8,12,16H,1,9-10H2,2-3H3/t12-,16?/m1/s1. The third-order valence-corrected chi connectivity index (χ3v) is 4.10. The Kier molecular flexibility index (Phi) is 3.73. The summed E-state index contributed by atoms with van der Waals surface area (Å²) in [5.74, 6) is 1.30. The zero-order valence-corrected chi connectivity index (χ0v) is 11.3. The molecule has 0 bridgehead atoms. The molecule has 1 aliphatic rings. The SMILES string of the molecule is C=CC1=C(C)C[C@@H](C)C(c2ccc(Cl)cc2)C1. The van der Waals surface area contributed by atoms with Crippen LogP contribution in [0.2, 0.25) is 5.02 Å². The molecule has 0 saturated heterocycles. The van der Waals surface area contributed by atoms with Gasteiger partial charge in [-0.3, -0.25) is 0 Å². The van der Waals surface area contributed by atoms with Crippen molar-refractivity contribution >= 4 is 11.6 Å². The molecule has 0 heterocycles. The molecule has 1 heteroatoms. The molecule has 0 aromatic heterocycles. The van der Waals surface area contributed by atoms with E-state index in [2.05, 4.69) is 32.6 Å². The summed E-state index contributed by atoms with van der Waals surface area (Å²) in [5, 5.41) is 0.813. The van der Waals surface area contributed by atoms with Gasteiger partial charge in [-0.15, -0.1) is 0 Å². The second-order valence-corrected chi connectivity index (χ2v) is 5.49. The van der Waals surface area contributed by atoms with Crippen LogP contribution in [-0.2, 0) is 0 Å². The Bertz CT molecular complexity index is 439. The molecule has 1 aromatic rings. The Morgan fingerprint density at radius 1 is 1.24 bits per heavy atom. The first kappa shape index (κ1) is 12.4. The van der Waals surface area contributed by atoms with Crippen LogP contribution in [0.15, 0.2) is 48.1 Å². The van der Waals surface area contributed by atoms with Crippen molar-refractivity contribution in [3.05, 3.63) is 58.7 Å². The van der Waals surface area contributed by atoms with Crippen molar-refractivity contribution in [1.29, 1.82) is 0 Å². The van der Waals surface area contributed by atoms with Gasteiger partial charge in [0.25, 0.3) is 0 Å². The van der Waals surface area contributed by atoms with Crippen molar-refractivity contribution in [1.82, 2.24) is 0 Å². The molecule has 17 heavy (non-hydrogen) atoms. The zero-order valence-electron chi connectivity index (χ0n) is 10.5. The molecule has 1 unspecified atom stereocenters. The quantitative estimate of drug-likeness (QED) is 0.659. The fourth-order valence-electron chi connectivity index (χ4n) is 2.78. The van der Waals surface area contributed by atoms with E-state index >= 15 is 0 Å². The first-order valence-corrected chi connectivity index (χ1v) is 6.56. The molecular formula is C16H19Cl. The van der Waals surface area contributed by atoms with Crippen LogP contribution in [0, 0.1) is 5.92 Å². The van der Waals surface area contributed by atoms with E-state index in [1.165, 1.54) is 23.1 Å². The molecule has 90 valence electrons. The lowest BCUT2D eigenvalue weighted by Crippen LogP contribution is -2.16. The molecule has 0 aliphatic heterocycles. The Balaban J connectivity index is 2.28. The minimum absolute atomic E-state index is 0.601. The van der Waals surface area contributed by atoms with Crippen molar-refractivity contribution in [2.45, 2.75) is 32.6 Å². The van der Waals surface area contributed by atoms with Crippen molar-refractivity contribution in [2.75, 3.05) is 0 Å². The number of allylic oxidation sites excluding steroid dienone is 3. The van der Waals surface area contributed by atoms with E-state index in [-0.39, 0.29) is 0 Å². The molecule has 0 radical (unpaired) electrons. The minimum Gasteiger partial charge on any atom is -0.0988 e. The molecular weight excluding hydrogens is 228 g/mol. The molecule has 0 N–H and O–H groups in total. The van der Waals surface area contributed by atoms with Crippen LogP contribution in [0.25, 0.3) is 0 Å². The minimum atomic E-state index is 0.601. The van der Waals surface area contributed by atoms with Crippen molar-refractivity contribution < 1.29 is 0 Å². The van der Waals surface area contributed by atoms with Gasteiger partial charge < -0.3 is 0 Å². The molecule has 2 rings (SSSR count). The van der Waals surface area contributed by atoms with Crippen LogP contribution < -0.4 is 0 Å². The molecule has 2 atom stereocenters. The molecule has 1 aliphatic carbocycles. The van der Waals surface area contributed by atoms with Gasteiger partial charge in [-0.2, -0.15) is 0 Å². The van der Waals surface area contributed by atoms with Crippen LogP contribution >= 0.6 is 11.6 Å². The van der Waals surface area contributed by atoms with Crippen LogP contribution in [0.4, 0.5) is 0 Å². The van der Waals surface area contributed by atoms with E-state index in [0.717, 1.165) is 11.4 Å². The largest absolute Gasteiger partial charge is 0.0988 e. The maximum absolute atomic E-state index is 5.94. The van der Waals surface area contributed by atoms with Gasteiger partial charge in [0.15, 0.2) is 0 Å². The Morgan fingerprint density at radius 3 is 2.47 bits per heavy atom. The highest BCUT2D eigenvalue weighted by atomic mass is 35.5. The highest BCUT2D eigenvalue weighted by Crippen LogP contribution is 2.40. The summed E-state index contributed by atoms with van der Waals surface area (Å²) in [6, 6.07) is 8.29. The molecule has 1 aromatic carbocycles. The second-order valence-electron chi connectivity index (χ2n) is 5.05. The van der Waals surface area contributed by atoms with Crippen LogP contribution in [0.3, 0.4) is 0 Å². The topological polar surface area (TPSA) is 0 Å². The lowest BCUT2D eigenvalue weighted by Gasteiger charge is -2.31. The van der Waals surface area contributed by atoms with Crippen LogP contribution in [-0.4, -0.2) is 0 Å². The van der Waals surface area contributed by atoms with Gasteiger partial charge in [0.2, 0.25) is 0 Å². The monoisotopic (exact) mass is 246 g/mol. The smallest absolute Gasteiger partial charge is 0.0406 e. The second kappa shape index (κ2) is 5.10. The molecule has 0 fully saturated rings. The van der Waals surface area contributed by atoms with E-state index in [9.17, 15) is 0 Å². The molecule has 0 amide bonds. The van der Waals surface area contributed by atoms with Gasteiger partial charge in [-0.25, -0.2) is 0 Å². The Labute approximate surface area is 109 Å². The van der Waals surface area contributed by atoms with Gasteiger partial charge in [0.1, 0.15) is 0 Å². The predicted octanol–water partition coefficient (Wildman–Crippen LogP) is 5.36. The van der Waals surface area contributed by atoms with E-state index in [1.54, 1.807) is 0 Å². The number of hydrogen-bond donors (Lipinski definition) is 0. The van der Waals surface area contributed by atoms with Crippen molar-refractivity contribution in [3.8, 4) is 0 Å². The Hall–Kier alpha value is -1.01. The van der Waals surface area contributed by atoms with Crippen molar-refractivity contribution in [2.24, 2.45) is 5.92 Å². The fraction of sp³-hybridized carbons (Fsp3) is 0.375. The van der Waals surface area contributed by atoms with E-state index in [0.29, 0.717) is 11.8 Å². The van der Waals surface area contributed by atoms with E-state index < -0.39 is 0 Å². The normalized spacial score (nSPS) is 24.9. The zero-order chi connectivity index (χ0) is 12.4. The predicted molar refractivity (Wildman–Crippen MR) is 75.5 cm³/mol. The summed E-state index contributed by atoms with van der Waals surface area (Å²) in [6.07, 6.45) is 4.30. The lowest BCUT2D eigenvalue weighted by atomic mass is 9.74. The van der Waals surface area contributed by atoms with Gasteiger partial charge in [-0.05, 0) is 54.9 Å². The average molecular weight is 247 g/mol. The number of rotatable bonds is 2. The third kappa shape index (κ3) is 2.63. The number of halogens is 1. The van der Waals surface area contributed by atoms with E-state index in [4.69, 9.17) is 11.6 Å². The van der Waals surface area contributed by atoms with Gasteiger partial charge >= 0.3 is 0 Å². The first-order chi connectivity index (χ1) is 8.11. The highest BCUT2D eigenvalue weighted by molar-refractivity contribution is 6.30. The third-order valence-electron chi connectivity index (χ3n) is 3.85. The maximum atomic E-state index is 5.94. The van der Waals surface area contributed by atoms with Crippen LogP contribution in [0.5, 0.6) is 0 Å². The van der Waals surface area contributed by atoms with Gasteiger partial charge in [0, 0.05) is 5.02 Å². The summed E-state index contributed by atoms with van der Waals surface area (Å²) in [7, 11) is 0. The first-order valence-electron chi connectivity index (χ1n) is 6.18. The summed E-state index contributed by atoms with van der Waals surface area (Å²) >= 11 is 5.94. The fourth-order valence-corrected chi connectivity index (χ4v) is 2.91. The molecule has 0 spiro atoms.